The topological polar surface area (TPSA) is 136 Å². The first kappa shape index (κ1) is 15.9. The largest absolute Gasteiger partial charge is 0.301 e. The zero-order valence-corrected chi connectivity index (χ0v) is 13.9. The molecule has 3 aliphatic carbocycles. The SMILES string of the molecule is O=C1NN(c2ccc([N+](=O)[O-])cc2[N+](=O)[O-])C(=O)[C@H]2[C@H]1[C@H]1C=C[C@H]2C12CC2. The molecule has 0 radical (unpaired) electrons. The molecule has 1 aromatic rings. The standard InChI is InChI=1S/C17H14N4O6/c22-15-13-9-2-3-10(17(9)5-6-17)14(13)16(23)19(18-15)11-4-1-8(20(24)25)7-12(11)21(26)27/h1-4,7,9-10,13-14H,5-6H2,(H,18,22)/t9-,10-,13-,14-/m1/s1. The number of hydrogen-bond acceptors (Lipinski definition) is 6. The van der Waals surface area contributed by atoms with Gasteiger partial charge in [-0.05, 0) is 36.2 Å². The predicted molar refractivity (Wildman–Crippen MR) is 90.1 cm³/mol. The third-order valence-electron chi connectivity index (χ3n) is 6.48. The number of nitrogens with one attached hydrogen (secondary N) is 1. The van der Waals surface area contributed by atoms with E-state index in [2.05, 4.69) is 5.43 Å². The second-order valence-corrected chi connectivity index (χ2v) is 7.56. The fraction of sp³-hybridized carbons (Fsp3) is 0.412. The molecule has 4 atom stereocenters. The van der Waals surface area contributed by atoms with Crippen LogP contribution in [0.25, 0.3) is 0 Å². The van der Waals surface area contributed by atoms with Crippen molar-refractivity contribution in [1.82, 2.24) is 5.43 Å². The van der Waals surface area contributed by atoms with Crippen molar-refractivity contribution >= 4 is 28.9 Å². The third kappa shape index (κ3) is 1.89. The molecule has 10 nitrogen and oxygen atoms in total. The first-order valence-corrected chi connectivity index (χ1v) is 8.61. The fourth-order valence-corrected chi connectivity index (χ4v) is 5.22. The molecule has 27 heavy (non-hydrogen) atoms. The minimum Gasteiger partial charge on any atom is -0.273 e. The van der Waals surface area contributed by atoms with Crippen LogP contribution in [0.1, 0.15) is 12.8 Å². The van der Waals surface area contributed by atoms with Gasteiger partial charge in [0.2, 0.25) is 5.91 Å². The van der Waals surface area contributed by atoms with Gasteiger partial charge in [-0.15, -0.1) is 0 Å². The molecule has 138 valence electrons. The zero-order chi connectivity index (χ0) is 19.1. The number of hydrogen-bond donors (Lipinski definition) is 1. The lowest BCUT2D eigenvalue weighted by atomic mass is 9.80. The van der Waals surface area contributed by atoms with Crippen molar-refractivity contribution in [3.05, 3.63) is 50.6 Å². The molecular formula is C17H14N4O6. The number of hydrazine groups is 1. The average Bonchev–Trinajstić information content (AvgIpc) is 3.30. The van der Waals surface area contributed by atoms with Crippen molar-refractivity contribution in [2.75, 3.05) is 5.01 Å². The molecule has 5 rings (SSSR count). The summed E-state index contributed by atoms with van der Waals surface area (Å²) in [5.74, 6) is -1.75. The molecule has 1 heterocycles. The highest BCUT2D eigenvalue weighted by Gasteiger charge is 2.71. The Kier molecular flexibility index (Phi) is 2.89. The number of rotatable bonds is 3. The van der Waals surface area contributed by atoms with Gasteiger partial charge in [0.15, 0.2) is 0 Å². The van der Waals surface area contributed by atoms with Gasteiger partial charge in [-0.2, -0.15) is 0 Å². The second kappa shape index (κ2) is 4.90. The Bertz CT molecular complexity index is 968. The number of amides is 2. The molecule has 2 bridgehead atoms. The summed E-state index contributed by atoms with van der Waals surface area (Å²) in [5, 5.41) is 23.2. The summed E-state index contributed by atoms with van der Waals surface area (Å²) in [4.78, 5) is 46.7. The van der Waals surface area contributed by atoms with Gasteiger partial charge in [0.1, 0.15) is 5.69 Å². The van der Waals surface area contributed by atoms with Crippen molar-refractivity contribution in [3.8, 4) is 0 Å². The number of fused-ring (bicyclic) bond motifs is 3. The molecule has 0 unspecified atom stereocenters. The summed E-state index contributed by atoms with van der Waals surface area (Å²) in [6.45, 7) is 0. The van der Waals surface area contributed by atoms with Gasteiger partial charge in [-0.3, -0.25) is 35.2 Å². The normalized spacial score (nSPS) is 31.8. The lowest BCUT2D eigenvalue weighted by Gasteiger charge is -2.37. The smallest absolute Gasteiger partial charge is 0.273 e. The number of carbonyl (C=O) groups is 2. The zero-order valence-electron chi connectivity index (χ0n) is 13.9. The number of nitrogens with zero attached hydrogens (tertiary/aromatic N) is 3. The average molecular weight is 370 g/mol. The van der Waals surface area contributed by atoms with E-state index in [1.54, 1.807) is 0 Å². The Labute approximate surface area is 152 Å². The lowest BCUT2D eigenvalue weighted by molar-refractivity contribution is -0.393. The summed E-state index contributed by atoms with van der Waals surface area (Å²) in [7, 11) is 0. The van der Waals surface area contributed by atoms with Gasteiger partial charge in [-0.1, -0.05) is 12.2 Å². The van der Waals surface area contributed by atoms with Gasteiger partial charge >= 0.3 is 5.69 Å². The summed E-state index contributed by atoms with van der Waals surface area (Å²) >= 11 is 0. The van der Waals surface area contributed by atoms with Crippen LogP contribution in [0.5, 0.6) is 0 Å². The van der Waals surface area contributed by atoms with Crippen LogP contribution < -0.4 is 10.4 Å². The van der Waals surface area contributed by atoms with E-state index in [-0.39, 0.29) is 28.8 Å². The molecule has 1 aromatic carbocycles. The molecule has 0 aromatic heterocycles. The second-order valence-electron chi connectivity index (χ2n) is 7.56. The highest BCUT2D eigenvalue weighted by atomic mass is 16.6. The van der Waals surface area contributed by atoms with Gasteiger partial charge < -0.3 is 0 Å². The van der Waals surface area contributed by atoms with Crippen molar-refractivity contribution in [2.45, 2.75) is 12.8 Å². The van der Waals surface area contributed by atoms with Crippen LogP contribution in [0.2, 0.25) is 0 Å². The molecule has 2 amide bonds. The Morgan fingerprint density at radius 2 is 1.70 bits per heavy atom. The van der Waals surface area contributed by atoms with Crippen LogP contribution >= 0.6 is 0 Å². The van der Waals surface area contributed by atoms with Crippen LogP contribution in [0.3, 0.4) is 0 Å². The number of benzene rings is 1. The van der Waals surface area contributed by atoms with E-state index < -0.39 is 39.0 Å². The molecule has 1 spiro atoms. The maximum absolute atomic E-state index is 13.2. The van der Waals surface area contributed by atoms with Crippen molar-refractivity contribution in [1.29, 1.82) is 0 Å². The molecular weight excluding hydrogens is 356 g/mol. The lowest BCUT2D eigenvalue weighted by Crippen LogP contribution is -2.60. The summed E-state index contributed by atoms with van der Waals surface area (Å²) in [5.41, 5.74) is 1.24. The Balaban J connectivity index is 1.57. The van der Waals surface area contributed by atoms with E-state index in [1.807, 2.05) is 12.2 Å². The van der Waals surface area contributed by atoms with Crippen LogP contribution in [0.15, 0.2) is 30.4 Å². The van der Waals surface area contributed by atoms with Crippen LogP contribution in [-0.2, 0) is 9.59 Å². The molecule has 3 fully saturated rings. The molecule has 4 aliphatic rings. The summed E-state index contributed by atoms with van der Waals surface area (Å²) in [6.07, 6.45) is 5.97. The molecule has 1 aliphatic heterocycles. The minimum absolute atomic E-state index is 0.0141. The van der Waals surface area contributed by atoms with Gasteiger partial charge in [0.25, 0.3) is 11.6 Å². The number of anilines is 1. The number of non-ortho nitro benzene ring substituents is 1. The molecule has 2 saturated carbocycles. The highest BCUT2D eigenvalue weighted by molar-refractivity contribution is 6.06. The quantitative estimate of drug-likeness (QED) is 0.489. The first-order chi connectivity index (χ1) is 12.8. The minimum atomic E-state index is -0.795. The van der Waals surface area contributed by atoms with Crippen molar-refractivity contribution in [2.24, 2.45) is 29.1 Å². The molecule has 1 saturated heterocycles. The summed E-state index contributed by atoms with van der Waals surface area (Å²) in [6, 6.07) is 3.01. The van der Waals surface area contributed by atoms with E-state index in [4.69, 9.17) is 0 Å². The van der Waals surface area contributed by atoms with Gasteiger partial charge in [0, 0.05) is 6.07 Å². The van der Waals surface area contributed by atoms with E-state index in [1.165, 1.54) is 0 Å². The van der Waals surface area contributed by atoms with Crippen LogP contribution in [0, 0.1) is 49.3 Å². The Morgan fingerprint density at radius 1 is 1.04 bits per heavy atom. The fourth-order valence-electron chi connectivity index (χ4n) is 5.22. The van der Waals surface area contributed by atoms with Gasteiger partial charge in [0.05, 0.1) is 27.7 Å². The van der Waals surface area contributed by atoms with Crippen molar-refractivity contribution < 1.29 is 19.4 Å². The first-order valence-electron chi connectivity index (χ1n) is 8.61. The monoisotopic (exact) mass is 370 g/mol. The third-order valence-corrected chi connectivity index (χ3v) is 6.48. The van der Waals surface area contributed by atoms with E-state index in [9.17, 15) is 29.8 Å². The van der Waals surface area contributed by atoms with Crippen LogP contribution in [-0.4, -0.2) is 21.7 Å². The Morgan fingerprint density at radius 3 is 2.30 bits per heavy atom. The van der Waals surface area contributed by atoms with Crippen LogP contribution in [0.4, 0.5) is 17.1 Å². The number of nitro benzene ring substituents is 2. The maximum Gasteiger partial charge on any atom is 0.301 e. The maximum atomic E-state index is 13.2. The Hall–Kier alpha value is -3.30. The number of nitro groups is 2. The number of carbonyl (C=O) groups excluding carboxylic acids is 2. The summed E-state index contributed by atoms with van der Waals surface area (Å²) < 4.78 is 0. The predicted octanol–water partition coefficient (Wildman–Crippen LogP) is 1.71. The molecule has 1 N–H and O–H groups in total. The van der Waals surface area contributed by atoms with E-state index >= 15 is 0 Å². The molecule has 10 heteroatoms. The van der Waals surface area contributed by atoms with Crippen molar-refractivity contribution in [3.63, 3.8) is 0 Å². The highest BCUT2D eigenvalue weighted by Crippen LogP contribution is 2.72. The van der Waals surface area contributed by atoms with E-state index in [0.717, 1.165) is 36.0 Å². The van der Waals surface area contributed by atoms with Gasteiger partial charge in [-0.25, -0.2) is 5.01 Å². The van der Waals surface area contributed by atoms with E-state index in [0.29, 0.717) is 0 Å². The number of allylic oxidation sites excluding steroid dienone is 2.